The average Bonchev–Trinajstić information content (AvgIpc) is 3.07. The molecule has 1 fully saturated rings. The molecule has 0 aromatic heterocycles. The molecular weight excluding hydrogens is 328 g/mol. The Kier molecular flexibility index (Phi) is 5.56. The number of rotatable bonds is 6. The van der Waals surface area contributed by atoms with Crippen LogP contribution in [0.15, 0.2) is 42.5 Å². The number of anilines is 1. The van der Waals surface area contributed by atoms with Gasteiger partial charge < -0.3 is 15.0 Å². The molecule has 0 bridgehead atoms. The number of carbonyl (C=O) groups is 2. The van der Waals surface area contributed by atoms with E-state index in [4.69, 9.17) is 4.74 Å². The Labute approximate surface area is 154 Å². The predicted octanol–water partition coefficient (Wildman–Crippen LogP) is 3.13. The minimum Gasteiger partial charge on any atom is -0.483 e. The summed E-state index contributed by atoms with van der Waals surface area (Å²) >= 11 is 0. The van der Waals surface area contributed by atoms with Crippen LogP contribution in [0.3, 0.4) is 0 Å². The van der Waals surface area contributed by atoms with Crippen LogP contribution in [-0.4, -0.2) is 25.0 Å². The van der Waals surface area contributed by atoms with Gasteiger partial charge in [-0.1, -0.05) is 24.3 Å². The highest BCUT2D eigenvalue weighted by Gasteiger charge is 2.21. The maximum absolute atomic E-state index is 12.0. The number of amides is 2. The zero-order valence-electron chi connectivity index (χ0n) is 15.2. The first-order chi connectivity index (χ1) is 12.5. The number of carbonyl (C=O) groups excluding carboxylic acids is 2. The third-order valence-corrected chi connectivity index (χ3v) is 4.72. The molecule has 5 nitrogen and oxygen atoms in total. The summed E-state index contributed by atoms with van der Waals surface area (Å²) < 4.78 is 5.61. The summed E-state index contributed by atoms with van der Waals surface area (Å²) in [4.78, 5) is 25.6. The van der Waals surface area contributed by atoms with Crippen molar-refractivity contribution in [1.82, 2.24) is 5.32 Å². The summed E-state index contributed by atoms with van der Waals surface area (Å²) in [6, 6.07) is 13.5. The Morgan fingerprint density at radius 1 is 1.15 bits per heavy atom. The van der Waals surface area contributed by atoms with E-state index in [0.29, 0.717) is 13.0 Å². The molecule has 5 heteroatoms. The quantitative estimate of drug-likeness (QED) is 0.869. The first-order valence-electron chi connectivity index (χ1n) is 8.89. The number of aryl methyl sites for hydroxylation is 1. The van der Waals surface area contributed by atoms with Crippen molar-refractivity contribution in [2.24, 2.45) is 0 Å². The van der Waals surface area contributed by atoms with Crippen LogP contribution >= 0.6 is 0 Å². The Hall–Kier alpha value is -2.82. The van der Waals surface area contributed by atoms with Crippen molar-refractivity contribution in [2.45, 2.75) is 33.2 Å². The van der Waals surface area contributed by atoms with Crippen LogP contribution in [0.25, 0.3) is 0 Å². The molecule has 1 aliphatic rings. The number of nitrogens with zero attached hydrogens (tertiary/aromatic N) is 1. The second-order valence-electron chi connectivity index (χ2n) is 6.58. The number of hydrogen-bond acceptors (Lipinski definition) is 3. The van der Waals surface area contributed by atoms with Gasteiger partial charge in [-0.2, -0.15) is 0 Å². The largest absolute Gasteiger partial charge is 0.483 e. The molecule has 1 N–H and O–H groups in total. The predicted molar refractivity (Wildman–Crippen MR) is 101 cm³/mol. The zero-order chi connectivity index (χ0) is 18.5. The average molecular weight is 352 g/mol. The van der Waals surface area contributed by atoms with Crippen molar-refractivity contribution < 1.29 is 14.3 Å². The van der Waals surface area contributed by atoms with Crippen LogP contribution in [0.5, 0.6) is 5.75 Å². The van der Waals surface area contributed by atoms with E-state index >= 15 is 0 Å². The lowest BCUT2D eigenvalue weighted by molar-refractivity contribution is -0.123. The van der Waals surface area contributed by atoms with Gasteiger partial charge in [0.1, 0.15) is 5.75 Å². The summed E-state index contributed by atoms with van der Waals surface area (Å²) in [6.45, 7) is 5.20. The maximum atomic E-state index is 12.0. The SMILES string of the molecule is Cc1cccc(OCC(=O)NCc2ccc(N3CCCC3=O)cc2)c1C. The van der Waals surface area contributed by atoms with Crippen molar-refractivity contribution in [3.8, 4) is 5.75 Å². The zero-order valence-corrected chi connectivity index (χ0v) is 15.2. The van der Waals surface area contributed by atoms with Crippen LogP contribution in [-0.2, 0) is 16.1 Å². The van der Waals surface area contributed by atoms with Crippen LogP contribution < -0.4 is 15.0 Å². The van der Waals surface area contributed by atoms with E-state index in [0.717, 1.165) is 41.1 Å². The molecule has 0 radical (unpaired) electrons. The van der Waals surface area contributed by atoms with Crippen LogP contribution in [0.2, 0.25) is 0 Å². The molecule has 0 saturated carbocycles. The van der Waals surface area contributed by atoms with Gasteiger partial charge in [-0.05, 0) is 55.2 Å². The lowest BCUT2D eigenvalue weighted by atomic mass is 10.1. The van der Waals surface area contributed by atoms with Gasteiger partial charge in [-0.15, -0.1) is 0 Å². The van der Waals surface area contributed by atoms with E-state index in [1.807, 2.05) is 56.3 Å². The van der Waals surface area contributed by atoms with Gasteiger partial charge in [-0.3, -0.25) is 9.59 Å². The van der Waals surface area contributed by atoms with Gasteiger partial charge in [-0.25, -0.2) is 0 Å². The number of benzene rings is 2. The summed E-state index contributed by atoms with van der Waals surface area (Å²) in [5.41, 5.74) is 4.09. The van der Waals surface area contributed by atoms with Gasteiger partial charge in [0.25, 0.3) is 5.91 Å². The minimum absolute atomic E-state index is 0.00927. The third kappa shape index (κ3) is 4.23. The lowest BCUT2D eigenvalue weighted by Crippen LogP contribution is -2.28. The Bertz CT molecular complexity index is 799. The fourth-order valence-corrected chi connectivity index (χ4v) is 2.99. The highest BCUT2D eigenvalue weighted by atomic mass is 16.5. The van der Waals surface area contributed by atoms with Crippen molar-refractivity contribution in [3.05, 3.63) is 59.2 Å². The normalized spacial score (nSPS) is 13.8. The Morgan fingerprint density at radius 3 is 2.62 bits per heavy atom. The molecule has 3 rings (SSSR count). The van der Waals surface area contributed by atoms with Gasteiger partial charge in [0.2, 0.25) is 5.91 Å². The van der Waals surface area contributed by atoms with Gasteiger partial charge in [0.15, 0.2) is 6.61 Å². The molecule has 136 valence electrons. The fraction of sp³-hybridized carbons (Fsp3) is 0.333. The second kappa shape index (κ2) is 8.04. The summed E-state index contributed by atoms with van der Waals surface area (Å²) in [5.74, 6) is 0.749. The highest BCUT2D eigenvalue weighted by molar-refractivity contribution is 5.95. The topological polar surface area (TPSA) is 58.6 Å². The van der Waals surface area contributed by atoms with E-state index in [9.17, 15) is 9.59 Å². The molecule has 1 aliphatic heterocycles. The van der Waals surface area contributed by atoms with E-state index in [1.54, 1.807) is 4.90 Å². The van der Waals surface area contributed by atoms with Gasteiger partial charge >= 0.3 is 0 Å². The molecule has 0 unspecified atom stereocenters. The number of ether oxygens (including phenoxy) is 1. The molecule has 0 atom stereocenters. The molecule has 1 saturated heterocycles. The first-order valence-corrected chi connectivity index (χ1v) is 8.89. The summed E-state index contributed by atoms with van der Waals surface area (Å²) in [6.07, 6.45) is 1.54. The van der Waals surface area contributed by atoms with Crippen LogP contribution in [0.4, 0.5) is 5.69 Å². The van der Waals surface area contributed by atoms with Crippen LogP contribution in [0, 0.1) is 13.8 Å². The van der Waals surface area contributed by atoms with E-state index in [1.165, 1.54) is 0 Å². The molecular formula is C21H24N2O3. The van der Waals surface area contributed by atoms with E-state index < -0.39 is 0 Å². The first kappa shape index (κ1) is 18.0. The van der Waals surface area contributed by atoms with Crippen molar-refractivity contribution in [2.75, 3.05) is 18.1 Å². The van der Waals surface area contributed by atoms with E-state index in [-0.39, 0.29) is 18.4 Å². The Balaban J connectivity index is 1.48. The standard InChI is InChI=1S/C21H24N2O3/c1-15-5-3-6-19(16(15)2)26-14-20(24)22-13-17-8-10-18(11-9-17)23-12-4-7-21(23)25/h3,5-6,8-11H,4,7,12-14H2,1-2H3,(H,22,24). The minimum atomic E-state index is -0.162. The lowest BCUT2D eigenvalue weighted by Gasteiger charge is -2.16. The number of nitrogens with one attached hydrogen (secondary N) is 1. The second-order valence-corrected chi connectivity index (χ2v) is 6.58. The molecule has 26 heavy (non-hydrogen) atoms. The van der Waals surface area contributed by atoms with Crippen molar-refractivity contribution >= 4 is 17.5 Å². The maximum Gasteiger partial charge on any atom is 0.258 e. The monoisotopic (exact) mass is 352 g/mol. The Morgan fingerprint density at radius 2 is 1.92 bits per heavy atom. The third-order valence-electron chi connectivity index (χ3n) is 4.72. The summed E-state index contributed by atoms with van der Waals surface area (Å²) in [7, 11) is 0. The molecule has 2 aromatic carbocycles. The van der Waals surface area contributed by atoms with Crippen molar-refractivity contribution in [1.29, 1.82) is 0 Å². The van der Waals surface area contributed by atoms with Crippen LogP contribution in [0.1, 0.15) is 29.5 Å². The molecule has 1 heterocycles. The molecule has 0 spiro atoms. The highest BCUT2D eigenvalue weighted by Crippen LogP contribution is 2.22. The number of hydrogen-bond donors (Lipinski definition) is 1. The van der Waals surface area contributed by atoms with Crippen molar-refractivity contribution in [3.63, 3.8) is 0 Å². The van der Waals surface area contributed by atoms with Gasteiger partial charge in [0.05, 0.1) is 0 Å². The fourth-order valence-electron chi connectivity index (χ4n) is 2.99. The molecule has 0 aliphatic carbocycles. The molecule has 2 amide bonds. The smallest absolute Gasteiger partial charge is 0.258 e. The van der Waals surface area contributed by atoms with E-state index in [2.05, 4.69) is 5.32 Å². The summed E-state index contributed by atoms with van der Waals surface area (Å²) in [5, 5.41) is 2.86. The molecule has 2 aromatic rings. The van der Waals surface area contributed by atoms with Gasteiger partial charge in [0, 0.05) is 25.2 Å².